The number of carbonyl (C=O) groups is 1. The van der Waals surface area contributed by atoms with Crippen molar-refractivity contribution >= 4 is 17.2 Å². The van der Waals surface area contributed by atoms with E-state index in [4.69, 9.17) is 4.74 Å². The van der Waals surface area contributed by atoms with Crippen LogP contribution in [0.15, 0.2) is 60.0 Å². The van der Waals surface area contributed by atoms with Crippen LogP contribution in [0.25, 0.3) is 10.6 Å². The molecule has 2 aromatic carbocycles. The second-order valence-corrected chi connectivity index (χ2v) is 8.99. The van der Waals surface area contributed by atoms with Crippen molar-refractivity contribution in [1.82, 2.24) is 14.8 Å². The maximum atomic E-state index is 13.1. The van der Waals surface area contributed by atoms with E-state index in [1.807, 2.05) is 54.5 Å². The van der Waals surface area contributed by atoms with E-state index in [1.165, 1.54) is 16.9 Å². The molecule has 31 heavy (non-hydrogen) atoms. The largest absolute Gasteiger partial charge is 0.491 e. The number of carbonyl (C=O) groups excluding carboxylic acids is 1. The lowest BCUT2D eigenvalue weighted by Crippen LogP contribution is -2.35. The smallest absolute Gasteiger partial charge is 0.273 e. The minimum Gasteiger partial charge on any atom is -0.491 e. The molecular weight excluding hydrogens is 406 g/mol. The first-order valence-corrected chi connectivity index (χ1v) is 11.7. The summed E-state index contributed by atoms with van der Waals surface area (Å²) in [7, 11) is 0. The third-order valence-corrected chi connectivity index (χ3v) is 6.21. The van der Waals surface area contributed by atoms with Crippen molar-refractivity contribution in [3.63, 3.8) is 0 Å². The van der Waals surface area contributed by atoms with Crippen LogP contribution in [0.1, 0.15) is 36.3 Å². The highest BCUT2D eigenvalue weighted by atomic mass is 32.1. The first kappa shape index (κ1) is 21.5. The number of hydrogen-bond acceptors (Lipinski definition) is 5. The Hall–Kier alpha value is -2.70. The van der Waals surface area contributed by atoms with Crippen LogP contribution >= 0.6 is 11.3 Å². The normalized spacial score (nSPS) is 15.1. The van der Waals surface area contributed by atoms with Crippen molar-refractivity contribution in [1.29, 1.82) is 0 Å². The predicted molar refractivity (Wildman–Crippen MR) is 126 cm³/mol. The molecule has 0 bridgehead atoms. The summed E-state index contributed by atoms with van der Waals surface area (Å²) in [6.07, 6.45) is 1.12. The maximum absolute atomic E-state index is 13.1. The summed E-state index contributed by atoms with van der Waals surface area (Å²) < 4.78 is 5.70. The van der Waals surface area contributed by atoms with Crippen LogP contribution in [-0.4, -0.2) is 53.0 Å². The molecule has 5 nitrogen and oxygen atoms in total. The molecule has 0 aliphatic carbocycles. The SMILES string of the molecule is CC(C)Oc1ccc(-c2nc(C(=O)N3CCCN(Cc4ccccc4)CC3)cs2)cc1. The van der Waals surface area contributed by atoms with Crippen LogP contribution in [0.2, 0.25) is 0 Å². The molecule has 1 aliphatic rings. The van der Waals surface area contributed by atoms with Gasteiger partial charge in [0.2, 0.25) is 0 Å². The van der Waals surface area contributed by atoms with Gasteiger partial charge in [0.05, 0.1) is 6.10 Å². The standard InChI is InChI=1S/C25H29N3O2S/c1-19(2)30-22-11-9-21(10-12-22)24-26-23(18-31-24)25(29)28-14-6-13-27(15-16-28)17-20-7-4-3-5-8-20/h3-5,7-12,18-19H,6,13-17H2,1-2H3. The minimum absolute atomic E-state index is 0.0313. The summed E-state index contributed by atoms with van der Waals surface area (Å²) in [6, 6.07) is 18.4. The van der Waals surface area contributed by atoms with E-state index < -0.39 is 0 Å². The van der Waals surface area contributed by atoms with E-state index in [0.717, 1.165) is 55.5 Å². The summed E-state index contributed by atoms with van der Waals surface area (Å²) in [5.74, 6) is 0.875. The van der Waals surface area contributed by atoms with Crippen molar-refractivity contribution in [2.45, 2.75) is 32.9 Å². The zero-order valence-electron chi connectivity index (χ0n) is 18.2. The van der Waals surface area contributed by atoms with Crippen molar-refractivity contribution < 1.29 is 9.53 Å². The molecule has 2 heterocycles. The van der Waals surface area contributed by atoms with Crippen LogP contribution in [-0.2, 0) is 6.54 Å². The average molecular weight is 436 g/mol. The number of rotatable bonds is 6. The number of amides is 1. The zero-order chi connectivity index (χ0) is 21.6. The van der Waals surface area contributed by atoms with Gasteiger partial charge in [0, 0.05) is 43.7 Å². The molecule has 4 rings (SSSR count). The topological polar surface area (TPSA) is 45.7 Å². The van der Waals surface area contributed by atoms with Gasteiger partial charge < -0.3 is 9.64 Å². The van der Waals surface area contributed by atoms with Crippen LogP contribution in [0.5, 0.6) is 5.75 Å². The number of aromatic nitrogens is 1. The molecular formula is C25H29N3O2S. The van der Waals surface area contributed by atoms with Crippen LogP contribution in [0.3, 0.4) is 0 Å². The molecule has 6 heteroatoms. The Morgan fingerprint density at radius 2 is 1.81 bits per heavy atom. The molecule has 0 saturated carbocycles. The van der Waals surface area contributed by atoms with E-state index >= 15 is 0 Å². The van der Waals surface area contributed by atoms with Gasteiger partial charge in [-0.05, 0) is 50.1 Å². The third kappa shape index (κ3) is 5.71. The molecule has 1 saturated heterocycles. The predicted octanol–water partition coefficient (Wildman–Crippen LogP) is 4.95. The van der Waals surface area contributed by atoms with Gasteiger partial charge in [0.1, 0.15) is 16.5 Å². The molecule has 0 radical (unpaired) electrons. The highest BCUT2D eigenvalue weighted by molar-refractivity contribution is 7.13. The lowest BCUT2D eigenvalue weighted by molar-refractivity contribution is 0.0756. The molecule has 0 N–H and O–H groups in total. The summed E-state index contributed by atoms with van der Waals surface area (Å²) in [5.41, 5.74) is 2.86. The van der Waals surface area contributed by atoms with Gasteiger partial charge in [0.15, 0.2) is 0 Å². The zero-order valence-corrected chi connectivity index (χ0v) is 19.0. The Balaban J connectivity index is 1.37. The summed E-state index contributed by atoms with van der Waals surface area (Å²) in [6.45, 7) is 8.35. The maximum Gasteiger partial charge on any atom is 0.273 e. The van der Waals surface area contributed by atoms with Crippen molar-refractivity contribution in [3.8, 4) is 16.3 Å². The molecule has 1 aromatic heterocycles. The fourth-order valence-corrected chi connectivity index (χ4v) is 4.59. The Kier molecular flexibility index (Phi) is 6.99. The van der Waals surface area contributed by atoms with E-state index in [1.54, 1.807) is 0 Å². The molecule has 0 spiro atoms. The van der Waals surface area contributed by atoms with Gasteiger partial charge >= 0.3 is 0 Å². The Bertz CT molecular complexity index is 986. The van der Waals surface area contributed by atoms with Gasteiger partial charge in [0.25, 0.3) is 5.91 Å². The second kappa shape index (κ2) is 10.1. The van der Waals surface area contributed by atoms with E-state index in [9.17, 15) is 4.79 Å². The lowest BCUT2D eigenvalue weighted by atomic mass is 10.2. The molecule has 1 aliphatic heterocycles. The first-order valence-electron chi connectivity index (χ1n) is 10.9. The first-order chi connectivity index (χ1) is 15.1. The monoisotopic (exact) mass is 435 g/mol. The van der Waals surface area contributed by atoms with Gasteiger partial charge in [-0.1, -0.05) is 30.3 Å². The number of nitrogens with zero attached hydrogens (tertiary/aromatic N) is 3. The van der Waals surface area contributed by atoms with Crippen LogP contribution < -0.4 is 4.74 Å². The number of thiazole rings is 1. The molecule has 1 amide bonds. The van der Waals surface area contributed by atoms with E-state index in [2.05, 4.69) is 34.1 Å². The summed E-state index contributed by atoms with van der Waals surface area (Å²) >= 11 is 1.51. The van der Waals surface area contributed by atoms with E-state index in [0.29, 0.717) is 5.69 Å². The fraction of sp³-hybridized carbons (Fsp3) is 0.360. The van der Waals surface area contributed by atoms with E-state index in [-0.39, 0.29) is 12.0 Å². The fourth-order valence-electron chi connectivity index (χ4n) is 3.79. The Morgan fingerprint density at radius 1 is 1.03 bits per heavy atom. The Morgan fingerprint density at radius 3 is 2.55 bits per heavy atom. The van der Waals surface area contributed by atoms with Crippen molar-refractivity contribution in [2.75, 3.05) is 26.2 Å². The summed E-state index contributed by atoms with van der Waals surface area (Å²) in [5, 5.41) is 2.74. The quantitative estimate of drug-likeness (QED) is 0.550. The molecule has 0 atom stereocenters. The highest BCUT2D eigenvalue weighted by Crippen LogP contribution is 2.27. The van der Waals surface area contributed by atoms with Gasteiger partial charge in [-0.25, -0.2) is 4.98 Å². The molecule has 162 valence electrons. The Labute approximate surface area is 188 Å². The van der Waals surface area contributed by atoms with Crippen LogP contribution in [0.4, 0.5) is 0 Å². The van der Waals surface area contributed by atoms with Gasteiger partial charge in [-0.2, -0.15) is 0 Å². The highest BCUT2D eigenvalue weighted by Gasteiger charge is 2.22. The molecule has 0 unspecified atom stereocenters. The van der Waals surface area contributed by atoms with Crippen molar-refractivity contribution in [3.05, 3.63) is 71.2 Å². The third-order valence-electron chi connectivity index (χ3n) is 5.32. The number of ether oxygens (including phenoxy) is 1. The second-order valence-electron chi connectivity index (χ2n) is 8.14. The number of benzene rings is 2. The van der Waals surface area contributed by atoms with Crippen molar-refractivity contribution in [2.24, 2.45) is 0 Å². The van der Waals surface area contributed by atoms with Crippen LogP contribution in [0, 0.1) is 0 Å². The van der Waals surface area contributed by atoms with Gasteiger partial charge in [-0.15, -0.1) is 11.3 Å². The minimum atomic E-state index is 0.0313. The number of hydrogen-bond donors (Lipinski definition) is 0. The molecule has 1 fully saturated rings. The average Bonchev–Trinajstić information content (AvgIpc) is 3.15. The molecule has 3 aromatic rings. The summed E-state index contributed by atoms with van der Waals surface area (Å²) in [4.78, 5) is 22.1. The lowest BCUT2D eigenvalue weighted by Gasteiger charge is -2.21. The van der Waals surface area contributed by atoms with Gasteiger partial charge in [-0.3, -0.25) is 9.69 Å².